The average molecular weight is 266 g/mol. The van der Waals surface area contributed by atoms with Gasteiger partial charge in [-0.1, -0.05) is 41.4 Å². The predicted octanol–water partition coefficient (Wildman–Crippen LogP) is 4.15. The summed E-state index contributed by atoms with van der Waals surface area (Å²) in [5.74, 6) is -0.281. The van der Waals surface area contributed by atoms with E-state index in [2.05, 4.69) is 15.9 Å². The van der Waals surface area contributed by atoms with Crippen LogP contribution in [0.3, 0.4) is 0 Å². The molecule has 0 amide bonds. The molecule has 3 heteroatoms. The van der Waals surface area contributed by atoms with Crippen molar-refractivity contribution in [1.29, 1.82) is 0 Å². The lowest BCUT2D eigenvalue weighted by atomic mass is 9.87. The Morgan fingerprint density at radius 3 is 2.46 bits per heavy atom. The SMILES string of the molecule is CC(C)(CBr)c1cc(F)cc(Cl)c1. The van der Waals surface area contributed by atoms with Crippen LogP contribution in [0.5, 0.6) is 0 Å². The minimum atomic E-state index is -0.281. The first-order valence-electron chi connectivity index (χ1n) is 3.98. The van der Waals surface area contributed by atoms with Gasteiger partial charge >= 0.3 is 0 Å². The molecule has 0 saturated heterocycles. The lowest BCUT2D eigenvalue weighted by Crippen LogP contribution is -2.18. The van der Waals surface area contributed by atoms with Gasteiger partial charge in [0.15, 0.2) is 0 Å². The first-order valence-corrected chi connectivity index (χ1v) is 5.48. The van der Waals surface area contributed by atoms with Crippen LogP contribution >= 0.6 is 27.5 Å². The van der Waals surface area contributed by atoms with Crippen LogP contribution in [0.1, 0.15) is 19.4 Å². The summed E-state index contributed by atoms with van der Waals surface area (Å²) in [5, 5.41) is 1.23. The van der Waals surface area contributed by atoms with E-state index in [-0.39, 0.29) is 11.2 Å². The van der Waals surface area contributed by atoms with Crippen molar-refractivity contribution >= 4 is 27.5 Å². The maximum atomic E-state index is 13.0. The summed E-state index contributed by atoms with van der Waals surface area (Å²) in [6.45, 7) is 4.07. The van der Waals surface area contributed by atoms with E-state index in [1.54, 1.807) is 6.07 Å². The summed E-state index contributed by atoms with van der Waals surface area (Å²) in [7, 11) is 0. The molecule has 0 N–H and O–H groups in total. The molecule has 0 atom stereocenters. The van der Waals surface area contributed by atoms with Crippen molar-refractivity contribution in [2.24, 2.45) is 0 Å². The Labute approximate surface area is 91.2 Å². The molecular weight excluding hydrogens is 254 g/mol. The van der Waals surface area contributed by atoms with Gasteiger partial charge in [0.1, 0.15) is 5.82 Å². The highest BCUT2D eigenvalue weighted by Gasteiger charge is 2.19. The topological polar surface area (TPSA) is 0 Å². The van der Waals surface area contributed by atoms with Gasteiger partial charge in [0.2, 0.25) is 0 Å². The van der Waals surface area contributed by atoms with Crippen LogP contribution in [0.2, 0.25) is 5.02 Å². The smallest absolute Gasteiger partial charge is 0.124 e. The first-order chi connectivity index (χ1) is 5.95. The van der Waals surface area contributed by atoms with Gasteiger partial charge in [0.25, 0.3) is 0 Å². The Balaban J connectivity index is 3.15. The summed E-state index contributed by atoms with van der Waals surface area (Å²) >= 11 is 9.15. The molecule has 72 valence electrons. The molecule has 13 heavy (non-hydrogen) atoms. The molecule has 0 aliphatic heterocycles. The minimum absolute atomic E-state index is 0.0915. The standard InChI is InChI=1S/C10H11BrClF/c1-10(2,6-11)7-3-8(12)5-9(13)4-7/h3-5H,6H2,1-2H3. The number of hydrogen-bond donors (Lipinski definition) is 0. The summed E-state index contributed by atoms with van der Waals surface area (Å²) in [4.78, 5) is 0. The third kappa shape index (κ3) is 2.68. The van der Waals surface area contributed by atoms with Crippen LogP contribution in [0, 0.1) is 5.82 Å². The molecule has 0 unspecified atom stereocenters. The molecule has 0 saturated carbocycles. The van der Waals surface area contributed by atoms with Crippen molar-refractivity contribution in [2.75, 3.05) is 5.33 Å². The molecule has 1 aromatic rings. The molecule has 0 radical (unpaired) electrons. The largest absolute Gasteiger partial charge is 0.207 e. The van der Waals surface area contributed by atoms with E-state index < -0.39 is 0 Å². The van der Waals surface area contributed by atoms with Crippen molar-refractivity contribution in [1.82, 2.24) is 0 Å². The van der Waals surface area contributed by atoms with Gasteiger partial charge in [-0.25, -0.2) is 4.39 Å². The van der Waals surface area contributed by atoms with E-state index in [9.17, 15) is 4.39 Å². The van der Waals surface area contributed by atoms with Crippen molar-refractivity contribution in [3.05, 3.63) is 34.6 Å². The Kier molecular flexibility index (Phi) is 3.36. The number of alkyl halides is 1. The Bertz CT molecular complexity index is 290. The van der Waals surface area contributed by atoms with Gasteiger partial charge in [0.05, 0.1) is 0 Å². The molecule has 1 rings (SSSR count). The zero-order valence-electron chi connectivity index (χ0n) is 7.57. The van der Waals surface area contributed by atoms with Gasteiger partial charge in [-0.2, -0.15) is 0 Å². The number of benzene rings is 1. The van der Waals surface area contributed by atoms with E-state index >= 15 is 0 Å². The van der Waals surface area contributed by atoms with E-state index in [0.717, 1.165) is 10.9 Å². The van der Waals surface area contributed by atoms with Crippen LogP contribution in [-0.2, 0) is 5.41 Å². The Morgan fingerprint density at radius 1 is 1.38 bits per heavy atom. The van der Waals surface area contributed by atoms with Crippen molar-refractivity contribution in [3.63, 3.8) is 0 Å². The van der Waals surface area contributed by atoms with Crippen LogP contribution in [0.4, 0.5) is 4.39 Å². The molecule has 0 aliphatic rings. The van der Waals surface area contributed by atoms with E-state index in [4.69, 9.17) is 11.6 Å². The zero-order valence-corrected chi connectivity index (χ0v) is 9.91. The second-order valence-electron chi connectivity index (χ2n) is 3.68. The molecule has 0 heterocycles. The lowest BCUT2D eigenvalue weighted by molar-refractivity contribution is 0.583. The molecular formula is C10H11BrClF. The van der Waals surface area contributed by atoms with E-state index in [1.807, 2.05) is 13.8 Å². The number of hydrogen-bond acceptors (Lipinski definition) is 0. The minimum Gasteiger partial charge on any atom is -0.207 e. The van der Waals surface area contributed by atoms with Gasteiger partial charge in [0, 0.05) is 10.4 Å². The maximum absolute atomic E-state index is 13.0. The van der Waals surface area contributed by atoms with Gasteiger partial charge in [-0.05, 0) is 29.2 Å². The first kappa shape index (κ1) is 11.0. The molecule has 0 aromatic heterocycles. The number of halogens is 3. The molecule has 1 aromatic carbocycles. The average Bonchev–Trinajstić information content (AvgIpc) is 2.02. The summed E-state index contributed by atoms with van der Waals surface area (Å²) in [6.07, 6.45) is 0. The fraction of sp³-hybridized carbons (Fsp3) is 0.400. The quantitative estimate of drug-likeness (QED) is 0.705. The van der Waals surface area contributed by atoms with Crippen LogP contribution in [0.15, 0.2) is 18.2 Å². The lowest BCUT2D eigenvalue weighted by Gasteiger charge is -2.22. The van der Waals surface area contributed by atoms with Gasteiger partial charge < -0.3 is 0 Å². The molecule has 0 spiro atoms. The van der Waals surface area contributed by atoms with Gasteiger partial charge in [-0.15, -0.1) is 0 Å². The molecule has 0 aliphatic carbocycles. The second-order valence-corrected chi connectivity index (χ2v) is 4.67. The number of rotatable bonds is 2. The Hall–Kier alpha value is -0.0800. The summed E-state index contributed by atoms with van der Waals surface area (Å²) in [6, 6.07) is 4.63. The second kappa shape index (κ2) is 3.97. The van der Waals surface area contributed by atoms with Crippen molar-refractivity contribution in [2.45, 2.75) is 19.3 Å². The third-order valence-corrected chi connectivity index (χ3v) is 3.60. The Morgan fingerprint density at radius 2 is 2.00 bits per heavy atom. The molecule has 0 fully saturated rings. The summed E-state index contributed by atoms with van der Waals surface area (Å²) in [5.41, 5.74) is 0.820. The van der Waals surface area contributed by atoms with E-state index in [0.29, 0.717) is 5.02 Å². The maximum Gasteiger partial charge on any atom is 0.124 e. The highest BCUT2D eigenvalue weighted by Crippen LogP contribution is 2.28. The molecule has 0 nitrogen and oxygen atoms in total. The zero-order chi connectivity index (χ0) is 10.1. The van der Waals surface area contributed by atoms with Crippen LogP contribution < -0.4 is 0 Å². The van der Waals surface area contributed by atoms with Gasteiger partial charge in [-0.3, -0.25) is 0 Å². The van der Waals surface area contributed by atoms with Crippen molar-refractivity contribution < 1.29 is 4.39 Å². The normalized spacial score (nSPS) is 11.8. The fourth-order valence-electron chi connectivity index (χ4n) is 1.02. The fourth-order valence-corrected chi connectivity index (χ4v) is 1.57. The predicted molar refractivity (Wildman–Crippen MR) is 58.2 cm³/mol. The highest BCUT2D eigenvalue weighted by atomic mass is 79.9. The monoisotopic (exact) mass is 264 g/mol. The van der Waals surface area contributed by atoms with E-state index in [1.165, 1.54) is 12.1 Å². The molecule has 0 bridgehead atoms. The van der Waals surface area contributed by atoms with Crippen LogP contribution in [-0.4, -0.2) is 5.33 Å². The van der Waals surface area contributed by atoms with Crippen LogP contribution in [0.25, 0.3) is 0 Å². The highest BCUT2D eigenvalue weighted by molar-refractivity contribution is 9.09. The van der Waals surface area contributed by atoms with Crippen molar-refractivity contribution in [3.8, 4) is 0 Å². The summed E-state index contributed by atoms with van der Waals surface area (Å²) < 4.78 is 13.0. The third-order valence-electron chi connectivity index (χ3n) is 1.98.